The van der Waals surface area contributed by atoms with Crippen molar-refractivity contribution >= 4 is 52.8 Å². The van der Waals surface area contributed by atoms with Gasteiger partial charge in [0.05, 0.1) is 0 Å². The molecule has 2 N–H and O–H groups in total. The zero-order chi connectivity index (χ0) is 48.7. The molecular formula is C55H77ClN6O5S. The second-order valence-electron chi connectivity index (χ2n) is 20.3. The normalized spacial score (nSPS) is 23.4. The van der Waals surface area contributed by atoms with E-state index < -0.39 is 0 Å². The molecule has 68 heavy (non-hydrogen) atoms. The number of benzene rings is 3. The van der Waals surface area contributed by atoms with Gasteiger partial charge in [-0.25, -0.2) is 0 Å². The van der Waals surface area contributed by atoms with Crippen LogP contribution in [0.15, 0.2) is 78.9 Å². The van der Waals surface area contributed by atoms with E-state index in [0.29, 0.717) is 38.8 Å². The average molecular weight is 970 g/mol. The Morgan fingerprint density at radius 2 is 1.07 bits per heavy atom. The molecule has 3 aromatic carbocycles. The molecule has 4 fully saturated rings. The number of likely N-dealkylation sites (N-methyl/N-ethyl adjacent to an activating group) is 2. The van der Waals surface area contributed by atoms with Gasteiger partial charge in [0.15, 0.2) is 5.78 Å². The average Bonchev–Trinajstić information content (AvgIpc) is 3.34. The molecule has 0 aromatic heterocycles. The van der Waals surface area contributed by atoms with E-state index in [1.54, 1.807) is 0 Å². The quantitative estimate of drug-likeness (QED) is 0.137. The summed E-state index contributed by atoms with van der Waals surface area (Å²) in [4.78, 5) is 71.2. The summed E-state index contributed by atoms with van der Waals surface area (Å²) >= 11 is 8.06. The van der Waals surface area contributed by atoms with Crippen LogP contribution in [0.3, 0.4) is 0 Å². The maximum Gasteiger partial charge on any atom is 0.223 e. The number of hydrogen-bond acceptors (Lipinski definition) is 8. The molecule has 0 atom stereocenters. The smallest absolute Gasteiger partial charge is 0.223 e. The Kier molecular flexibility index (Phi) is 20.0. The van der Waals surface area contributed by atoms with Gasteiger partial charge in [-0.1, -0.05) is 83.9 Å². The fourth-order valence-electron chi connectivity index (χ4n) is 10.8. The van der Waals surface area contributed by atoms with E-state index in [-0.39, 0.29) is 71.3 Å². The Morgan fingerprint density at radius 1 is 0.603 bits per heavy atom. The Hall–Kier alpha value is -4.23. The number of aryl methyl sites for hydroxylation is 1. The Morgan fingerprint density at radius 3 is 1.54 bits per heavy atom. The van der Waals surface area contributed by atoms with Gasteiger partial charge in [-0.2, -0.15) is 11.8 Å². The summed E-state index contributed by atoms with van der Waals surface area (Å²) in [5.74, 6) is 2.24. The Bertz CT molecular complexity index is 2120. The number of halogens is 1. The third-order valence-electron chi connectivity index (χ3n) is 15.3. The van der Waals surface area contributed by atoms with Gasteiger partial charge < -0.3 is 30.2 Å². The maximum atomic E-state index is 12.8. The first-order valence-corrected chi connectivity index (χ1v) is 26.6. The van der Waals surface area contributed by atoms with E-state index >= 15 is 0 Å². The number of amides is 4. The van der Waals surface area contributed by atoms with E-state index in [9.17, 15) is 24.0 Å². The molecule has 2 aliphatic carbocycles. The number of Topliss-reactive ketones (excluding diaryl/α,β-unsaturated/α-hetero) is 1. The van der Waals surface area contributed by atoms with Crippen LogP contribution < -0.4 is 10.6 Å². The maximum absolute atomic E-state index is 12.8. The monoisotopic (exact) mass is 969 g/mol. The van der Waals surface area contributed by atoms with Crippen LogP contribution >= 0.6 is 23.4 Å². The van der Waals surface area contributed by atoms with Crippen molar-refractivity contribution < 1.29 is 24.0 Å². The highest BCUT2D eigenvalue weighted by atomic mass is 35.5. The van der Waals surface area contributed by atoms with Gasteiger partial charge >= 0.3 is 0 Å². The summed E-state index contributed by atoms with van der Waals surface area (Å²) < 4.78 is 0. The SMILES string of the molecule is CN(C)C1(Cc2cccc(Cl)c2)CCC(NC(=O)CCC(=O)N2CCSCC2)CC1.Cc1cccc(CC2(N(C)C)CCC(NC(=O)CCC(=O)N3CCC(C(=O)c4ccccc4)CC3)CC2)c1. The predicted molar refractivity (Wildman–Crippen MR) is 276 cm³/mol. The van der Waals surface area contributed by atoms with Crippen LogP contribution in [-0.2, 0) is 32.0 Å². The molecule has 13 heteroatoms. The second kappa shape index (κ2) is 25.6. The first-order chi connectivity index (χ1) is 32.6. The lowest BCUT2D eigenvalue weighted by molar-refractivity contribution is -0.134. The predicted octanol–water partition coefficient (Wildman–Crippen LogP) is 8.40. The van der Waals surface area contributed by atoms with Crippen molar-refractivity contribution in [1.29, 1.82) is 0 Å². The molecule has 11 nitrogen and oxygen atoms in total. The van der Waals surface area contributed by atoms with Gasteiger partial charge in [-0.3, -0.25) is 24.0 Å². The van der Waals surface area contributed by atoms with Gasteiger partial charge in [0, 0.05) is 103 Å². The molecule has 0 unspecified atom stereocenters. The van der Waals surface area contributed by atoms with E-state index in [2.05, 4.69) is 91.9 Å². The second-order valence-corrected chi connectivity index (χ2v) is 21.9. The van der Waals surface area contributed by atoms with Gasteiger partial charge in [-0.15, -0.1) is 0 Å². The lowest BCUT2D eigenvalue weighted by Gasteiger charge is -2.45. The van der Waals surface area contributed by atoms with Crippen LogP contribution in [0, 0.1) is 12.8 Å². The molecule has 2 heterocycles. The number of rotatable bonds is 16. The topological polar surface area (TPSA) is 122 Å². The number of likely N-dealkylation sites (tertiary alicyclic amines) is 1. The molecule has 2 saturated carbocycles. The largest absolute Gasteiger partial charge is 0.353 e. The molecule has 7 rings (SSSR count). The number of ketones is 1. The number of carbonyl (C=O) groups is 5. The van der Waals surface area contributed by atoms with Crippen LogP contribution in [0.5, 0.6) is 0 Å². The first kappa shape index (κ1) is 53.1. The number of hydrogen-bond donors (Lipinski definition) is 2. The molecule has 4 amide bonds. The molecule has 0 radical (unpaired) electrons. The lowest BCUT2D eigenvalue weighted by Crippen LogP contribution is -2.52. The summed E-state index contributed by atoms with van der Waals surface area (Å²) in [5.41, 5.74) is 4.86. The summed E-state index contributed by atoms with van der Waals surface area (Å²) in [5, 5.41) is 7.15. The molecule has 2 saturated heterocycles. The van der Waals surface area contributed by atoms with Crippen LogP contribution in [-0.4, -0.2) is 138 Å². The number of nitrogens with zero attached hydrogens (tertiary/aromatic N) is 4. The zero-order valence-electron chi connectivity index (χ0n) is 41.4. The fraction of sp³-hybridized carbons (Fsp3) is 0.582. The highest BCUT2D eigenvalue weighted by molar-refractivity contribution is 7.99. The molecule has 0 spiro atoms. The molecule has 2 aliphatic heterocycles. The standard InChI is InChI=1S/C32H43N3O3.C23H34ClN3O2S/c1-24-8-7-9-25(22-24)23-32(34(2)3)18-14-28(15-19-32)33-29(36)12-13-30(37)35-20-16-27(17-21-35)31(38)26-10-5-4-6-11-26;1-26(2)23(17-18-4-3-5-19(24)16-18)10-8-20(9-11-23)25-21(28)6-7-22(29)27-12-14-30-15-13-27/h4-11,22,27-28H,12-21,23H2,1-3H3,(H,33,36);3-5,16,20H,6-15,17H2,1-2H3,(H,25,28). The van der Waals surface area contributed by atoms with Gasteiger partial charge in [0.25, 0.3) is 0 Å². The van der Waals surface area contributed by atoms with Gasteiger partial charge in [0.1, 0.15) is 0 Å². The van der Waals surface area contributed by atoms with E-state index in [0.717, 1.165) is 99.4 Å². The Labute approximate surface area is 415 Å². The van der Waals surface area contributed by atoms with Crippen molar-refractivity contribution in [3.63, 3.8) is 0 Å². The van der Waals surface area contributed by atoms with Crippen LogP contribution in [0.1, 0.15) is 117 Å². The number of carbonyl (C=O) groups excluding carboxylic acids is 5. The van der Waals surface area contributed by atoms with Crippen molar-refractivity contribution in [2.75, 3.05) is 65.9 Å². The van der Waals surface area contributed by atoms with Gasteiger partial charge in [0.2, 0.25) is 23.6 Å². The van der Waals surface area contributed by atoms with Crippen molar-refractivity contribution in [2.45, 2.75) is 133 Å². The summed E-state index contributed by atoms with van der Waals surface area (Å²) in [7, 11) is 8.63. The lowest BCUT2D eigenvalue weighted by atomic mass is 9.74. The summed E-state index contributed by atoms with van der Waals surface area (Å²) in [6, 6.07) is 26.6. The van der Waals surface area contributed by atoms with Gasteiger partial charge in [-0.05, 0) is 135 Å². The molecular weight excluding hydrogens is 892 g/mol. The highest BCUT2D eigenvalue weighted by Crippen LogP contribution is 2.37. The van der Waals surface area contributed by atoms with Crippen molar-refractivity contribution in [3.05, 3.63) is 106 Å². The van der Waals surface area contributed by atoms with E-state index in [1.165, 1.54) is 16.7 Å². The Balaban J connectivity index is 0.000000230. The molecule has 0 bridgehead atoms. The summed E-state index contributed by atoms with van der Waals surface area (Å²) in [6.45, 7) is 4.93. The minimum Gasteiger partial charge on any atom is -0.353 e. The number of piperidine rings is 1. The molecule has 4 aliphatic rings. The van der Waals surface area contributed by atoms with Crippen molar-refractivity contribution in [2.24, 2.45) is 5.92 Å². The van der Waals surface area contributed by atoms with Crippen molar-refractivity contribution in [3.8, 4) is 0 Å². The minimum atomic E-state index is -0.0338. The third-order valence-corrected chi connectivity index (χ3v) is 16.4. The van der Waals surface area contributed by atoms with Crippen LogP contribution in [0.2, 0.25) is 5.02 Å². The van der Waals surface area contributed by atoms with E-state index in [1.807, 2.05) is 64.0 Å². The third kappa shape index (κ3) is 15.4. The summed E-state index contributed by atoms with van der Waals surface area (Å²) in [6.07, 6.45) is 12.4. The van der Waals surface area contributed by atoms with Crippen LogP contribution in [0.25, 0.3) is 0 Å². The van der Waals surface area contributed by atoms with E-state index in [4.69, 9.17) is 11.6 Å². The molecule has 370 valence electrons. The minimum absolute atomic E-state index is 0.00642. The molecule has 3 aromatic rings. The van der Waals surface area contributed by atoms with Crippen molar-refractivity contribution in [1.82, 2.24) is 30.2 Å². The first-order valence-electron chi connectivity index (χ1n) is 25.1. The van der Waals surface area contributed by atoms with Crippen LogP contribution in [0.4, 0.5) is 0 Å². The zero-order valence-corrected chi connectivity index (χ0v) is 43.0. The number of nitrogens with one attached hydrogen (secondary N) is 2. The fourth-order valence-corrected chi connectivity index (χ4v) is 11.9. The highest BCUT2D eigenvalue weighted by Gasteiger charge is 2.39. The number of thioether (sulfide) groups is 1.